The van der Waals surface area contributed by atoms with Crippen molar-refractivity contribution in [2.75, 3.05) is 13.1 Å². The molecule has 0 saturated carbocycles. The highest BCUT2D eigenvalue weighted by Crippen LogP contribution is 2.27. The molecule has 1 unspecified atom stereocenters. The number of hydrogen-bond donors (Lipinski definition) is 2. The zero-order valence-corrected chi connectivity index (χ0v) is 11.7. The summed E-state index contributed by atoms with van der Waals surface area (Å²) in [6, 6.07) is -0.0128. The van der Waals surface area contributed by atoms with Gasteiger partial charge in [-0.05, 0) is 39.7 Å². The molecule has 5 nitrogen and oxygen atoms in total. The van der Waals surface area contributed by atoms with Crippen LogP contribution in [0, 0.1) is 0 Å². The van der Waals surface area contributed by atoms with Crippen molar-refractivity contribution in [1.82, 2.24) is 10.2 Å². The Labute approximate surface area is 109 Å². The van der Waals surface area contributed by atoms with Crippen molar-refractivity contribution in [3.63, 3.8) is 0 Å². The first kappa shape index (κ1) is 15.0. The number of hydrogen-bond acceptors (Lipinski definition) is 3. The topological polar surface area (TPSA) is 75.4 Å². The molecule has 3 N–H and O–H groups in total. The van der Waals surface area contributed by atoms with Gasteiger partial charge in [-0.2, -0.15) is 0 Å². The summed E-state index contributed by atoms with van der Waals surface area (Å²) in [5.41, 5.74) is 4.75. The summed E-state index contributed by atoms with van der Waals surface area (Å²) in [5.74, 6) is -0.433. The van der Waals surface area contributed by atoms with Crippen LogP contribution in [-0.2, 0) is 9.59 Å². The Kier molecular flexibility index (Phi) is 5.14. The van der Waals surface area contributed by atoms with Crippen LogP contribution in [0.25, 0.3) is 0 Å². The van der Waals surface area contributed by atoms with E-state index in [1.165, 1.54) is 0 Å². The van der Waals surface area contributed by atoms with Gasteiger partial charge in [0.2, 0.25) is 11.8 Å². The van der Waals surface area contributed by atoms with Crippen LogP contribution in [0.3, 0.4) is 0 Å². The highest BCUT2D eigenvalue weighted by Gasteiger charge is 2.43. The number of nitrogens with two attached hydrogens (primary N) is 1. The summed E-state index contributed by atoms with van der Waals surface area (Å²) in [7, 11) is 0. The molecule has 1 fully saturated rings. The largest absolute Gasteiger partial charge is 0.368 e. The Bertz CT molecular complexity index is 309. The van der Waals surface area contributed by atoms with Gasteiger partial charge in [-0.3, -0.25) is 9.59 Å². The van der Waals surface area contributed by atoms with Crippen LogP contribution in [0.4, 0.5) is 0 Å². The zero-order valence-electron chi connectivity index (χ0n) is 11.7. The summed E-state index contributed by atoms with van der Waals surface area (Å²) in [4.78, 5) is 25.4. The summed E-state index contributed by atoms with van der Waals surface area (Å²) < 4.78 is 0. The number of rotatable bonds is 6. The van der Waals surface area contributed by atoms with Gasteiger partial charge in [0.05, 0.1) is 12.1 Å². The van der Waals surface area contributed by atoms with E-state index in [1.54, 1.807) is 4.90 Å². The molecule has 2 amide bonds. The van der Waals surface area contributed by atoms with Gasteiger partial charge in [0.1, 0.15) is 0 Å². The minimum Gasteiger partial charge on any atom is -0.368 e. The second-order valence-corrected chi connectivity index (χ2v) is 5.36. The molecule has 0 radical (unpaired) electrons. The SMILES string of the molecule is CCCC1(C(=O)N(CC(N)=O)C(C)C)CCCN1. The molecule has 0 aromatic heterocycles. The predicted octanol–water partition coefficient (Wildman–Crippen LogP) is 0.631. The van der Waals surface area contributed by atoms with Crippen molar-refractivity contribution >= 4 is 11.8 Å². The van der Waals surface area contributed by atoms with Gasteiger partial charge in [-0.15, -0.1) is 0 Å². The molecule has 0 bridgehead atoms. The quantitative estimate of drug-likeness (QED) is 0.731. The second kappa shape index (κ2) is 6.18. The number of nitrogens with one attached hydrogen (secondary N) is 1. The standard InChI is InChI=1S/C13H25N3O2/c1-4-6-13(7-5-8-15-13)12(18)16(10(2)3)9-11(14)17/h10,15H,4-9H2,1-3H3,(H2,14,17). The lowest BCUT2D eigenvalue weighted by Gasteiger charge is -2.36. The number of carbonyl (C=O) groups excluding carboxylic acids is 2. The fraction of sp³-hybridized carbons (Fsp3) is 0.846. The molecule has 104 valence electrons. The molecule has 1 heterocycles. The molecular weight excluding hydrogens is 230 g/mol. The van der Waals surface area contributed by atoms with Gasteiger partial charge in [-0.1, -0.05) is 13.3 Å². The Morgan fingerprint density at radius 2 is 2.11 bits per heavy atom. The normalized spacial score (nSPS) is 23.3. The minimum atomic E-state index is -0.478. The lowest BCUT2D eigenvalue weighted by atomic mass is 9.89. The van der Waals surface area contributed by atoms with Gasteiger partial charge in [0, 0.05) is 6.04 Å². The number of nitrogens with zero attached hydrogens (tertiary/aromatic N) is 1. The molecule has 1 saturated heterocycles. The van der Waals surface area contributed by atoms with Gasteiger partial charge in [-0.25, -0.2) is 0 Å². The van der Waals surface area contributed by atoms with E-state index in [-0.39, 0.29) is 18.5 Å². The van der Waals surface area contributed by atoms with Crippen molar-refractivity contribution in [3.8, 4) is 0 Å². The van der Waals surface area contributed by atoms with Crippen LogP contribution in [0.5, 0.6) is 0 Å². The summed E-state index contributed by atoms with van der Waals surface area (Å²) in [5, 5.41) is 3.34. The summed E-state index contributed by atoms with van der Waals surface area (Å²) >= 11 is 0. The number of primary amides is 1. The average Bonchev–Trinajstić information content (AvgIpc) is 2.74. The lowest BCUT2D eigenvalue weighted by Crippen LogP contribution is -2.58. The second-order valence-electron chi connectivity index (χ2n) is 5.36. The third kappa shape index (κ3) is 3.22. The highest BCUT2D eigenvalue weighted by molar-refractivity contribution is 5.90. The Hall–Kier alpha value is -1.10. The van der Waals surface area contributed by atoms with Crippen LogP contribution in [0.2, 0.25) is 0 Å². The molecule has 1 rings (SSSR count). The first-order valence-corrected chi connectivity index (χ1v) is 6.77. The first-order valence-electron chi connectivity index (χ1n) is 6.77. The van der Waals surface area contributed by atoms with E-state index < -0.39 is 11.4 Å². The average molecular weight is 255 g/mol. The first-order chi connectivity index (χ1) is 8.43. The van der Waals surface area contributed by atoms with Crippen LogP contribution in [-0.4, -0.2) is 41.4 Å². The van der Waals surface area contributed by atoms with Crippen LogP contribution in [0.15, 0.2) is 0 Å². The van der Waals surface area contributed by atoms with Gasteiger partial charge < -0.3 is 16.0 Å². The molecule has 0 spiro atoms. The fourth-order valence-electron chi connectivity index (χ4n) is 2.67. The van der Waals surface area contributed by atoms with Crippen LogP contribution in [0.1, 0.15) is 46.5 Å². The Balaban J connectivity index is 2.88. The third-order valence-electron chi connectivity index (χ3n) is 3.54. The fourth-order valence-corrected chi connectivity index (χ4v) is 2.67. The third-order valence-corrected chi connectivity index (χ3v) is 3.54. The van der Waals surface area contributed by atoms with E-state index in [9.17, 15) is 9.59 Å². The van der Waals surface area contributed by atoms with Crippen LogP contribution < -0.4 is 11.1 Å². The Morgan fingerprint density at radius 1 is 1.44 bits per heavy atom. The van der Waals surface area contributed by atoms with Gasteiger partial charge in [0.15, 0.2) is 0 Å². The van der Waals surface area contributed by atoms with Gasteiger partial charge >= 0.3 is 0 Å². The summed E-state index contributed by atoms with van der Waals surface area (Å²) in [6.07, 6.45) is 3.62. The van der Waals surface area contributed by atoms with Crippen molar-refractivity contribution in [3.05, 3.63) is 0 Å². The van der Waals surface area contributed by atoms with E-state index in [2.05, 4.69) is 12.2 Å². The van der Waals surface area contributed by atoms with Gasteiger partial charge in [0.25, 0.3) is 0 Å². The van der Waals surface area contributed by atoms with E-state index in [4.69, 9.17) is 5.73 Å². The molecule has 1 atom stereocenters. The molecule has 0 aliphatic carbocycles. The lowest BCUT2D eigenvalue weighted by molar-refractivity contribution is -0.142. The number of amides is 2. The molecule has 0 aromatic rings. The van der Waals surface area contributed by atoms with E-state index in [1.807, 2.05) is 13.8 Å². The van der Waals surface area contributed by atoms with E-state index in [0.29, 0.717) is 0 Å². The maximum Gasteiger partial charge on any atom is 0.243 e. The Morgan fingerprint density at radius 3 is 2.50 bits per heavy atom. The van der Waals surface area contributed by atoms with E-state index >= 15 is 0 Å². The minimum absolute atomic E-state index is 0.00362. The highest BCUT2D eigenvalue weighted by atomic mass is 16.2. The maximum absolute atomic E-state index is 12.7. The van der Waals surface area contributed by atoms with Crippen molar-refractivity contribution in [1.29, 1.82) is 0 Å². The molecule has 18 heavy (non-hydrogen) atoms. The molecule has 1 aliphatic heterocycles. The van der Waals surface area contributed by atoms with Crippen molar-refractivity contribution in [2.45, 2.75) is 58.0 Å². The number of carbonyl (C=O) groups is 2. The van der Waals surface area contributed by atoms with Crippen molar-refractivity contribution < 1.29 is 9.59 Å². The van der Waals surface area contributed by atoms with Crippen LogP contribution >= 0.6 is 0 Å². The molecule has 1 aliphatic rings. The molecular formula is C13H25N3O2. The molecule has 0 aromatic carbocycles. The maximum atomic E-state index is 12.7. The predicted molar refractivity (Wildman–Crippen MR) is 70.9 cm³/mol. The van der Waals surface area contributed by atoms with E-state index in [0.717, 1.165) is 32.2 Å². The molecule has 5 heteroatoms. The van der Waals surface area contributed by atoms with Crippen molar-refractivity contribution in [2.24, 2.45) is 5.73 Å². The summed E-state index contributed by atoms with van der Waals surface area (Å²) in [6.45, 7) is 6.77. The zero-order chi connectivity index (χ0) is 13.8. The smallest absolute Gasteiger partial charge is 0.243 e. The monoisotopic (exact) mass is 255 g/mol.